The van der Waals surface area contributed by atoms with Crippen molar-refractivity contribution in [3.8, 4) is 0 Å². The zero-order valence-corrected chi connectivity index (χ0v) is 18.2. The fourth-order valence-electron chi connectivity index (χ4n) is 3.88. The van der Waals surface area contributed by atoms with Crippen LogP contribution in [0.15, 0.2) is 24.3 Å². The number of hydrogen-bond acceptors (Lipinski definition) is 6. The number of amides is 3. The zero-order valence-electron chi connectivity index (χ0n) is 16.6. The van der Waals surface area contributed by atoms with E-state index in [1.165, 1.54) is 9.79 Å². The lowest BCUT2D eigenvalue weighted by molar-refractivity contribution is -0.134. The first kappa shape index (κ1) is 23.4. The molecule has 2 saturated heterocycles. The molecule has 0 aliphatic carbocycles. The Hall–Kier alpha value is -2.25. The number of nitrogens with one attached hydrogen (secondary N) is 1. The maximum atomic E-state index is 13.2. The van der Waals surface area contributed by atoms with E-state index in [0.29, 0.717) is 23.4 Å². The number of ketones is 1. The Labute approximate surface area is 184 Å². The van der Waals surface area contributed by atoms with Crippen LogP contribution in [0.1, 0.15) is 23.2 Å². The van der Waals surface area contributed by atoms with E-state index >= 15 is 0 Å². The molecule has 1 unspecified atom stereocenters. The van der Waals surface area contributed by atoms with Crippen molar-refractivity contribution in [1.82, 2.24) is 19.0 Å². The Morgan fingerprint density at radius 3 is 2.23 bits per heavy atom. The number of halogens is 1. The number of Topliss-reactive ketones (excluding diaryl/α,β-unsaturated/α-hetero) is 1. The average Bonchev–Trinajstić information content (AvgIpc) is 2.78. The number of carbonyl (C=O) groups is 3. The van der Waals surface area contributed by atoms with Gasteiger partial charge in [0.15, 0.2) is 5.78 Å². The van der Waals surface area contributed by atoms with Crippen molar-refractivity contribution < 1.29 is 28.0 Å². The van der Waals surface area contributed by atoms with Crippen molar-refractivity contribution in [3.05, 3.63) is 34.9 Å². The van der Waals surface area contributed by atoms with Gasteiger partial charge in [0.1, 0.15) is 6.04 Å². The average molecular weight is 474 g/mol. The molecule has 0 aromatic heterocycles. The van der Waals surface area contributed by atoms with E-state index < -0.39 is 28.2 Å². The van der Waals surface area contributed by atoms with Gasteiger partial charge in [0, 0.05) is 49.2 Å². The van der Waals surface area contributed by atoms with E-state index in [4.69, 9.17) is 22.5 Å². The van der Waals surface area contributed by atoms with E-state index in [0.717, 1.165) is 9.21 Å². The number of benzene rings is 1. The van der Waals surface area contributed by atoms with Gasteiger partial charge in [-0.15, -0.1) is 0 Å². The molecule has 1 atom stereocenters. The predicted molar refractivity (Wildman–Crippen MR) is 111 cm³/mol. The summed E-state index contributed by atoms with van der Waals surface area (Å²) in [5, 5.41) is 9.54. The van der Waals surface area contributed by atoms with Gasteiger partial charge in [-0.1, -0.05) is 11.6 Å². The third-order valence-corrected chi connectivity index (χ3v) is 7.93. The molecule has 1 aromatic carbocycles. The molecule has 3 amide bonds. The van der Waals surface area contributed by atoms with Crippen molar-refractivity contribution >= 4 is 39.5 Å². The number of urea groups is 1. The molecule has 2 aliphatic heterocycles. The van der Waals surface area contributed by atoms with Gasteiger partial charge in [0.25, 0.3) is 16.1 Å². The minimum Gasteiger partial charge on any atom is -0.351 e. The molecule has 2 aliphatic rings. The van der Waals surface area contributed by atoms with Crippen LogP contribution < -0.4 is 11.2 Å². The predicted octanol–water partition coefficient (Wildman–Crippen LogP) is 0.0498. The molecule has 0 saturated carbocycles. The van der Waals surface area contributed by atoms with Gasteiger partial charge in [-0.3, -0.25) is 14.8 Å². The monoisotopic (exact) mass is 473 g/mol. The summed E-state index contributed by atoms with van der Waals surface area (Å²) in [6.45, 7) is -0.180. The van der Waals surface area contributed by atoms with Crippen LogP contribution >= 0.6 is 11.6 Å². The summed E-state index contributed by atoms with van der Waals surface area (Å²) < 4.78 is 28.6. The molecule has 0 radical (unpaired) electrons. The molecule has 31 heavy (non-hydrogen) atoms. The second-order valence-corrected chi connectivity index (χ2v) is 9.76. The number of hydrogen-bond donors (Lipinski definition) is 3. The van der Waals surface area contributed by atoms with Crippen molar-refractivity contribution in [2.45, 2.75) is 18.9 Å². The summed E-state index contributed by atoms with van der Waals surface area (Å²) in [5.41, 5.74) is 7.21. The standard InChI is InChI=1S/C18H24ClN5O6S/c19-14-3-1-12(2-4-14)16(25)13-5-7-23(8-6-13)31(29,30)24-10-9-22(18(20)27)11-15(24)17(26)21-28/h1-4,13,15,28H,5-11H2,(H2,20,27)(H,21,26). The number of primary amides is 1. The third-order valence-electron chi connectivity index (χ3n) is 5.63. The molecular formula is C18H24ClN5O6S. The minimum absolute atomic E-state index is 0.0231. The molecule has 3 rings (SSSR count). The van der Waals surface area contributed by atoms with Gasteiger partial charge in [0.05, 0.1) is 0 Å². The van der Waals surface area contributed by atoms with Gasteiger partial charge in [-0.25, -0.2) is 10.3 Å². The molecule has 4 N–H and O–H groups in total. The zero-order chi connectivity index (χ0) is 22.8. The smallest absolute Gasteiger partial charge is 0.314 e. The number of nitrogens with two attached hydrogens (primary N) is 1. The van der Waals surface area contributed by atoms with Gasteiger partial charge < -0.3 is 10.6 Å². The summed E-state index contributed by atoms with van der Waals surface area (Å²) in [6.07, 6.45) is 0.664. The van der Waals surface area contributed by atoms with Crippen LogP contribution in [0.25, 0.3) is 0 Å². The Bertz CT molecular complexity index is 949. The summed E-state index contributed by atoms with van der Waals surface area (Å²) in [6, 6.07) is 4.45. The lowest BCUT2D eigenvalue weighted by Gasteiger charge is -2.41. The topological polar surface area (TPSA) is 153 Å². The van der Waals surface area contributed by atoms with Crippen LogP contribution in [0.4, 0.5) is 4.79 Å². The second-order valence-electron chi connectivity index (χ2n) is 7.44. The fraction of sp³-hybridized carbons (Fsp3) is 0.500. The van der Waals surface area contributed by atoms with Crippen LogP contribution in [0, 0.1) is 5.92 Å². The van der Waals surface area contributed by atoms with Crippen molar-refractivity contribution in [1.29, 1.82) is 0 Å². The van der Waals surface area contributed by atoms with E-state index in [1.54, 1.807) is 24.3 Å². The second kappa shape index (κ2) is 9.49. The molecule has 2 fully saturated rings. The normalized spacial score (nSPS) is 21.6. The molecule has 0 bridgehead atoms. The highest BCUT2D eigenvalue weighted by Gasteiger charge is 2.44. The maximum Gasteiger partial charge on any atom is 0.314 e. The Morgan fingerprint density at radius 1 is 1.06 bits per heavy atom. The van der Waals surface area contributed by atoms with Gasteiger partial charge in [-0.2, -0.15) is 17.0 Å². The molecule has 11 nitrogen and oxygen atoms in total. The maximum absolute atomic E-state index is 13.2. The largest absolute Gasteiger partial charge is 0.351 e. The van der Waals surface area contributed by atoms with Crippen LogP contribution in [0.2, 0.25) is 5.02 Å². The Balaban J connectivity index is 1.69. The summed E-state index contributed by atoms with van der Waals surface area (Å²) in [4.78, 5) is 37.4. The highest BCUT2D eigenvalue weighted by atomic mass is 35.5. The third kappa shape index (κ3) is 4.99. The lowest BCUT2D eigenvalue weighted by Crippen LogP contribution is -2.64. The summed E-state index contributed by atoms with van der Waals surface area (Å²) >= 11 is 5.85. The van der Waals surface area contributed by atoms with Crippen molar-refractivity contribution in [2.24, 2.45) is 11.7 Å². The minimum atomic E-state index is -4.07. The Kier molecular flexibility index (Phi) is 7.17. The Morgan fingerprint density at radius 2 is 1.68 bits per heavy atom. The van der Waals surface area contributed by atoms with Crippen LogP contribution in [0.3, 0.4) is 0 Å². The van der Waals surface area contributed by atoms with Gasteiger partial charge in [-0.05, 0) is 37.1 Å². The molecular weight excluding hydrogens is 450 g/mol. The van der Waals surface area contributed by atoms with Gasteiger partial charge in [0.2, 0.25) is 0 Å². The highest BCUT2D eigenvalue weighted by molar-refractivity contribution is 7.86. The molecule has 170 valence electrons. The first-order valence-corrected chi connectivity index (χ1v) is 11.5. The number of piperidine rings is 1. The molecule has 13 heteroatoms. The number of rotatable bonds is 5. The SMILES string of the molecule is NC(=O)N1CCN(S(=O)(=O)N2CCC(C(=O)c3ccc(Cl)cc3)CC2)C(C(=O)NO)C1. The van der Waals surface area contributed by atoms with E-state index in [9.17, 15) is 22.8 Å². The molecule has 2 heterocycles. The number of piperazine rings is 1. The first-order valence-electron chi connectivity index (χ1n) is 9.70. The highest BCUT2D eigenvalue weighted by Crippen LogP contribution is 2.27. The molecule has 0 spiro atoms. The van der Waals surface area contributed by atoms with Crippen LogP contribution in [-0.2, 0) is 15.0 Å². The molecule has 1 aromatic rings. The van der Waals surface area contributed by atoms with Crippen molar-refractivity contribution in [3.63, 3.8) is 0 Å². The van der Waals surface area contributed by atoms with E-state index in [2.05, 4.69) is 0 Å². The summed E-state index contributed by atoms with van der Waals surface area (Å²) in [7, 11) is -4.07. The lowest BCUT2D eigenvalue weighted by atomic mass is 9.90. The summed E-state index contributed by atoms with van der Waals surface area (Å²) in [5.74, 6) is -1.35. The van der Waals surface area contributed by atoms with Crippen LogP contribution in [0.5, 0.6) is 0 Å². The number of hydroxylamine groups is 1. The van der Waals surface area contributed by atoms with E-state index in [-0.39, 0.29) is 44.4 Å². The van der Waals surface area contributed by atoms with E-state index in [1.807, 2.05) is 0 Å². The van der Waals surface area contributed by atoms with Crippen molar-refractivity contribution in [2.75, 3.05) is 32.7 Å². The first-order chi connectivity index (χ1) is 14.6. The number of nitrogens with zero attached hydrogens (tertiary/aromatic N) is 3. The fourth-order valence-corrected chi connectivity index (χ4v) is 5.77. The quantitative estimate of drug-likeness (QED) is 0.312. The number of carbonyl (C=O) groups excluding carboxylic acids is 3. The van der Waals surface area contributed by atoms with Crippen LogP contribution in [-0.4, -0.2) is 83.6 Å². The van der Waals surface area contributed by atoms with Gasteiger partial charge >= 0.3 is 6.03 Å².